The van der Waals surface area contributed by atoms with E-state index < -0.39 is 9.58 Å². The number of halogens is 3. The van der Waals surface area contributed by atoms with Crippen LogP contribution in [0.1, 0.15) is 15.9 Å². The number of hydrogen-bond acceptors (Lipinski definition) is 2. The second-order valence-corrected chi connectivity index (χ2v) is 4.77. The van der Waals surface area contributed by atoms with Crippen LogP contribution in [-0.2, 0) is 0 Å². The van der Waals surface area contributed by atoms with Gasteiger partial charge in [-0.05, 0) is 12.1 Å². The predicted octanol–water partition coefficient (Wildman–Crippen LogP) is 3.11. The van der Waals surface area contributed by atoms with Crippen molar-refractivity contribution in [3.63, 3.8) is 0 Å². The zero-order chi connectivity index (χ0) is 10.8. The van der Waals surface area contributed by atoms with Crippen molar-refractivity contribution in [2.75, 3.05) is 0 Å². The monoisotopic (exact) mass is 247 g/mol. The number of carbonyl (C=O) groups excluding carboxylic acids is 1. The number of nitriles is 1. The van der Waals surface area contributed by atoms with E-state index in [9.17, 15) is 4.79 Å². The third-order valence-electron chi connectivity index (χ3n) is 1.55. The van der Waals surface area contributed by atoms with Gasteiger partial charge in [-0.15, -0.1) is 0 Å². The molecule has 0 atom stereocenters. The van der Waals surface area contributed by atoms with Crippen LogP contribution < -0.4 is 0 Å². The first kappa shape index (κ1) is 11.3. The lowest BCUT2D eigenvalue weighted by atomic mass is 10.1. The summed E-state index contributed by atoms with van der Waals surface area (Å²) in [5.41, 5.74) is 0.318. The zero-order valence-corrected chi connectivity index (χ0v) is 9.07. The summed E-state index contributed by atoms with van der Waals surface area (Å²) in [4.78, 5) is 11.5. The van der Waals surface area contributed by atoms with E-state index in [2.05, 4.69) is 0 Å². The van der Waals surface area contributed by atoms with Crippen LogP contribution in [0.25, 0.3) is 0 Å². The van der Waals surface area contributed by atoms with Crippen LogP contribution in [0, 0.1) is 11.3 Å². The maximum Gasteiger partial charge on any atom is 0.253 e. The summed E-state index contributed by atoms with van der Waals surface area (Å²) in [6.45, 7) is 0. The molecule has 1 aromatic carbocycles. The molecule has 0 saturated carbocycles. The average Bonchev–Trinajstić information content (AvgIpc) is 2.15. The second-order valence-electron chi connectivity index (χ2n) is 2.48. The maximum absolute atomic E-state index is 11.5. The summed E-state index contributed by atoms with van der Waals surface area (Å²) in [5, 5.41) is 8.70. The molecular weight excluding hydrogens is 244 g/mol. The Morgan fingerprint density at radius 2 is 1.86 bits per heavy atom. The van der Waals surface area contributed by atoms with Gasteiger partial charge in [0.1, 0.15) is 0 Å². The topological polar surface area (TPSA) is 40.9 Å². The first-order valence-corrected chi connectivity index (χ1v) is 4.71. The lowest BCUT2D eigenvalue weighted by Gasteiger charge is -2.09. The molecule has 0 spiro atoms. The first-order valence-electron chi connectivity index (χ1n) is 3.57. The molecule has 0 heterocycles. The Hall–Kier alpha value is -0.750. The van der Waals surface area contributed by atoms with E-state index in [1.807, 2.05) is 6.07 Å². The van der Waals surface area contributed by atoms with Crippen molar-refractivity contribution in [3.8, 4) is 6.07 Å². The lowest BCUT2D eigenvalue weighted by molar-refractivity contribution is 0.0996. The van der Waals surface area contributed by atoms with Crippen LogP contribution in [0.4, 0.5) is 0 Å². The van der Waals surface area contributed by atoms with E-state index in [0.29, 0.717) is 0 Å². The van der Waals surface area contributed by atoms with Crippen LogP contribution in [0.15, 0.2) is 24.3 Å². The van der Waals surface area contributed by atoms with Gasteiger partial charge < -0.3 is 0 Å². The Bertz CT molecular complexity index is 403. The van der Waals surface area contributed by atoms with Crippen molar-refractivity contribution in [2.45, 2.75) is 3.79 Å². The van der Waals surface area contributed by atoms with Crippen LogP contribution >= 0.6 is 34.8 Å². The summed E-state index contributed by atoms with van der Waals surface area (Å²) in [5.74, 6) is -0.695. The van der Waals surface area contributed by atoms with Crippen LogP contribution in [0.5, 0.6) is 0 Å². The van der Waals surface area contributed by atoms with E-state index >= 15 is 0 Å². The quantitative estimate of drug-likeness (QED) is 0.566. The Morgan fingerprint density at radius 3 is 2.36 bits per heavy atom. The van der Waals surface area contributed by atoms with Gasteiger partial charge in [-0.25, -0.2) is 0 Å². The van der Waals surface area contributed by atoms with Gasteiger partial charge in [-0.3, -0.25) is 4.79 Å². The molecule has 0 aliphatic carbocycles. The molecule has 1 rings (SSSR count). The Kier molecular flexibility index (Phi) is 3.38. The fourth-order valence-electron chi connectivity index (χ4n) is 0.931. The van der Waals surface area contributed by atoms with E-state index in [-0.39, 0.29) is 11.1 Å². The van der Waals surface area contributed by atoms with E-state index in [1.54, 1.807) is 12.1 Å². The van der Waals surface area contributed by atoms with E-state index in [4.69, 9.17) is 40.1 Å². The number of ketones is 1. The highest BCUT2D eigenvalue weighted by Gasteiger charge is 2.32. The van der Waals surface area contributed by atoms with Gasteiger partial charge in [0.05, 0.1) is 11.6 Å². The van der Waals surface area contributed by atoms with E-state index in [1.165, 1.54) is 12.1 Å². The van der Waals surface area contributed by atoms with Crippen molar-refractivity contribution < 1.29 is 4.79 Å². The van der Waals surface area contributed by atoms with Gasteiger partial charge in [-0.2, -0.15) is 5.26 Å². The molecule has 0 fully saturated rings. The minimum Gasteiger partial charge on any atom is -0.289 e. The Morgan fingerprint density at radius 1 is 1.29 bits per heavy atom. The van der Waals surface area contributed by atoms with Crippen molar-refractivity contribution in [1.29, 1.82) is 5.26 Å². The van der Waals surface area contributed by atoms with E-state index in [0.717, 1.165) is 0 Å². The number of nitrogens with zero attached hydrogens (tertiary/aromatic N) is 1. The van der Waals surface area contributed by atoms with Crippen LogP contribution in [-0.4, -0.2) is 9.58 Å². The largest absolute Gasteiger partial charge is 0.289 e. The SMILES string of the molecule is N#Cc1ccccc1C(=O)C(Cl)(Cl)Cl. The maximum atomic E-state index is 11.5. The molecule has 0 radical (unpaired) electrons. The number of carbonyl (C=O) groups is 1. The molecule has 2 nitrogen and oxygen atoms in total. The molecule has 72 valence electrons. The minimum atomic E-state index is -2.02. The normalized spacial score (nSPS) is 10.7. The zero-order valence-electron chi connectivity index (χ0n) is 6.80. The molecule has 0 aliphatic rings. The average molecular weight is 248 g/mol. The number of benzene rings is 1. The molecule has 0 aliphatic heterocycles. The molecule has 0 bridgehead atoms. The fourth-order valence-corrected chi connectivity index (χ4v) is 1.24. The van der Waals surface area contributed by atoms with Gasteiger partial charge in [0.25, 0.3) is 3.79 Å². The smallest absolute Gasteiger partial charge is 0.253 e. The summed E-state index contributed by atoms with van der Waals surface area (Å²) >= 11 is 16.3. The highest BCUT2D eigenvalue weighted by molar-refractivity contribution is 6.77. The van der Waals surface area contributed by atoms with Gasteiger partial charge >= 0.3 is 0 Å². The molecule has 0 unspecified atom stereocenters. The number of rotatable bonds is 1. The minimum absolute atomic E-state index is 0.120. The van der Waals surface area contributed by atoms with Crippen molar-refractivity contribution in [3.05, 3.63) is 35.4 Å². The van der Waals surface area contributed by atoms with Gasteiger partial charge in [0.2, 0.25) is 5.78 Å². The molecule has 0 amide bonds. The second kappa shape index (κ2) is 4.18. The summed E-state index contributed by atoms with van der Waals surface area (Å²) in [7, 11) is 0. The third kappa shape index (κ3) is 2.39. The van der Waals surface area contributed by atoms with Crippen molar-refractivity contribution >= 4 is 40.6 Å². The number of alkyl halides is 3. The third-order valence-corrected chi connectivity index (χ3v) is 2.06. The molecule has 0 aromatic heterocycles. The summed E-state index contributed by atoms with van der Waals surface area (Å²) in [6.07, 6.45) is 0. The number of hydrogen-bond donors (Lipinski definition) is 0. The first-order chi connectivity index (χ1) is 6.46. The van der Waals surface area contributed by atoms with Crippen molar-refractivity contribution in [2.24, 2.45) is 0 Å². The van der Waals surface area contributed by atoms with Crippen molar-refractivity contribution in [1.82, 2.24) is 0 Å². The lowest BCUT2D eigenvalue weighted by Crippen LogP contribution is -2.19. The fraction of sp³-hybridized carbons (Fsp3) is 0.111. The molecule has 14 heavy (non-hydrogen) atoms. The molecule has 1 aromatic rings. The highest BCUT2D eigenvalue weighted by atomic mass is 35.6. The summed E-state index contributed by atoms with van der Waals surface area (Å²) < 4.78 is -2.02. The summed E-state index contributed by atoms with van der Waals surface area (Å²) in [6, 6.07) is 8.02. The predicted molar refractivity (Wildman–Crippen MR) is 55.8 cm³/mol. The number of Topliss-reactive ketones (excluding diaryl/α,β-unsaturated/α-hetero) is 1. The van der Waals surface area contributed by atoms with Crippen LogP contribution in [0.3, 0.4) is 0 Å². The standard InChI is InChI=1S/C9H4Cl3NO/c10-9(11,12)8(14)7-4-2-1-3-6(7)5-13/h1-4H. The van der Waals surface area contributed by atoms with Gasteiger partial charge in [0, 0.05) is 5.56 Å². The Balaban J connectivity index is 3.22. The van der Waals surface area contributed by atoms with Gasteiger partial charge in [-0.1, -0.05) is 46.9 Å². The Labute approximate surface area is 96.0 Å². The van der Waals surface area contributed by atoms with Gasteiger partial charge in [0.15, 0.2) is 0 Å². The molecule has 0 saturated heterocycles. The molecule has 5 heteroatoms. The molecule has 0 N–H and O–H groups in total. The molecular formula is C9H4Cl3NO. The highest BCUT2D eigenvalue weighted by Crippen LogP contribution is 2.31. The van der Waals surface area contributed by atoms with Crippen LogP contribution in [0.2, 0.25) is 0 Å².